The van der Waals surface area contributed by atoms with Crippen LogP contribution in [-0.4, -0.2) is 77.8 Å². The van der Waals surface area contributed by atoms with E-state index in [-0.39, 0.29) is 6.42 Å². The van der Waals surface area contributed by atoms with E-state index < -0.39 is 54.5 Å². The first kappa shape index (κ1) is 27.7. The number of carboxylic acid groups (broad SMARTS) is 1. The number of aliphatic hydroxyl groups is 1. The fourth-order valence-electron chi connectivity index (χ4n) is 2.54. The van der Waals surface area contributed by atoms with Crippen molar-refractivity contribution in [2.45, 2.75) is 69.6 Å². The second kappa shape index (κ2) is 15.5. The van der Waals surface area contributed by atoms with Crippen LogP contribution in [0.3, 0.4) is 0 Å². The molecule has 0 heterocycles. The lowest BCUT2D eigenvalue weighted by Crippen LogP contribution is -2.57. The predicted octanol–water partition coefficient (Wildman–Crippen LogP) is -2.88. The third kappa shape index (κ3) is 11.0. The Kier molecular flexibility index (Phi) is 14.4. The summed E-state index contributed by atoms with van der Waals surface area (Å²) in [6, 6.07) is -4.35. The molecule has 0 rings (SSSR count). The highest BCUT2D eigenvalue weighted by molar-refractivity contribution is 5.93. The summed E-state index contributed by atoms with van der Waals surface area (Å²) in [5.41, 5.74) is 16.5. The zero-order valence-electron chi connectivity index (χ0n) is 17.4. The van der Waals surface area contributed by atoms with Gasteiger partial charge in [-0.2, -0.15) is 0 Å². The summed E-state index contributed by atoms with van der Waals surface area (Å²) in [6.45, 7) is 1.56. The molecule has 0 bridgehead atoms. The highest BCUT2D eigenvalue weighted by Crippen LogP contribution is 2.02. The van der Waals surface area contributed by atoms with E-state index in [1.165, 1.54) is 6.92 Å². The number of hydrogen-bond donors (Lipinski definition) is 8. The van der Waals surface area contributed by atoms with Gasteiger partial charge in [-0.25, -0.2) is 4.79 Å². The van der Waals surface area contributed by atoms with Crippen molar-refractivity contribution in [1.29, 1.82) is 0 Å². The van der Waals surface area contributed by atoms with Gasteiger partial charge in [-0.3, -0.25) is 14.4 Å². The molecule has 3 amide bonds. The first-order chi connectivity index (χ1) is 14.2. The van der Waals surface area contributed by atoms with Crippen molar-refractivity contribution in [2.75, 3.05) is 19.7 Å². The second-order valence-corrected chi connectivity index (χ2v) is 7.05. The van der Waals surface area contributed by atoms with Crippen LogP contribution in [0.25, 0.3) is 0 Å². The Hall–Kier alpha value is -2.28. The molecule has 12 heteroatoms. The Morgan fingerprint density at radius 3 is 1.83 bits per heavy atom. The van der Waals surface area contributed by atoms with Gasteiger partial charge in [0.15, 0.2) is 0 Å². The highest BCUT2D eigenvalue weighted by Gasteiger charge is 2.27. The normalized spacial score (nSPS) is 14.8. The summed E-state index contributed by atoms with van der Waals surface area (Å²) in [5, 5.41) is 25.6. The summed E-state index contributed by atoms with van der Waals surface area (Å²) in [4.78, 5) is 47.8. The average Bonchev–Trinajstić information content (AvgIpc) is 2.70. The van der Waals surface area contributed by atoms with E-state index in [2.05, 4.69) is 16.0 Å². The average molecular weight is 433 g/mol. The Bertz CT molecular complexity index is 561. The fourth-order valence-corrected chi connectivity index (χ4v) is 2.54. The van der Waals surface area contributed by atoms with Crippen LogP contribution in [-0.2, 0) is 19.2 Å². The molecule has 11 N–H and O–H groups in total. The van der Waals surface area contributed by atoms with Gasteiger partial charge in [0, 0.05) is 0 Å². The minimum atomic E-state index is -1.30. The van der Waals surface area contributed by atoms with Crippen LogP contribution in [0, 0.1) is 0 Å². The zero-order valence-corrected chi connectivity index (χ0v) is 17.4. The van der Waals surface area contributed by atoms with Crippen LogP contribution in [0.5, 0.6) is 0 Å². The van der Waals surface area contributed by atoms with E-state index in [0.29, 0.717) is 45.2 Å². The summed E-state index contributed by atoms with van der Waals surface area (Å²) in [6.07, 6.45) is 3.09. The molecule has 0 radical (unpaired) electrons. The lowest BCUT2D eigenvalue weighted by atomic mass is 10.1. The van der Waals surface area contributed by atoms with Gasteiger partial charge in [0.25, 0.3) is 0 Å². The number of unbranched alkanes of at least 4 members (excludes halogenated alkanes) is 2. The third-order valence-corrected chi connectivity index (χ3v) is 4.44. The number of carboxylic acids is 1. The van der Waals surface area contributed by atoms with Crippen LogP contribution >= 0.6 is 0 Å². The van der Waals surface area contributed by atoms with Crippen molar-refractivity contribution in [3.8, 4) is 0 Å². The molecule has 0 saturated heterocycles. The number of carbonyl (C=O) groups is 4. The van der Waals surface area contributed by atoms with Gasteiger partial charge < -0.3 is 43.4 Å². The smallest absolute Gasteiger partial charge is 0.326 e. The van der Waals surface area contributed by atoms with E-state index in [0.717, 1.165) is 0 Å². The summed E-state index contributed by atoms with van der Waals surface area (Å²) in [5.74, 6) is -3.30. The van der Waals surface area contributed by atoms with Crippen LogP contribution in [0.2, 0.25) is 0 Å². The van der Waals surface area contributed by atoms with Gasteiger partial charge in [0.1, 0.15) is 18.1 Å². The maximum Gasteiger partial charge on any atom is 0.326 e. The zero-order chi connectivity index (χ0) is 23.1. The monoisotopic (exact) mass is 432 g/mol. The topological polar surface area (TPSA) is 223 Å². The molecule has 0 aliphatic carbocycles. The third-order valence-electron chi connectivity index (χ3n) is 4.44. The molecular formula is C18H36N6O6. The van der Waals surface area contributed by atoms with Gasteiger partial charge >= 0.3 is 5.97 Å². The van der Waals surface area contributed by atoms with Crippen molar-refractivity contribution in [3.63, 3.8) is 0 Å². The minimum absolute atomic E-state index is 0.205. The molecule has 0 saturated carbocycles. The summed E-state index contributed by atoms with van der Waals surface area (Å²) < 4.78 is 0. The van der Waals surface area contributed by atoms with Gasteiger partial charge in [0.05, 0.1) is 12.6 Å². The number of nitrogens with two attached hydrogens (primary N) is 3. The number of aliphatic hydroxyl groups excluding tert-OH is 1. The molecule has 0 aromatic heterocycles. The van der Waals surface area contributed by atoms with Crippen LogP contribution < -0.4 is 33.2 Å². The number of rotatable bonds is 16. The molecule has 0 aromatic carbocycles. The predicted molar refractivity (Wildman–Crippen MR) is 110 cm³/mol. The maximum atomic E-state index is 12.3. The summed E-state index contributed by atoms with van der Waals surface area (Å²) >= 11 is 0. The maximum absolute atomic E-state index is 12.3. The number of amides is 3. The molecule has 0 aliphatic rings. The fraction of sp³-hybridized carbons (Fsp3) is 0.778. The Labute approximate surface area is 176 Å². The minimum Gasteiger partial charge on any atom is -0.480 e. The van der Waals surface area contributed by atoms with E-state index >= 15 is 0 Å². The lowest BCUT2D eigenvalue weighted by molar-refractivity contribution is -0.142. The van der Waals surface area contributed by atoms with Crippen molar-refractivity contribution in [1.82, 2.24) is 16.0 Å². The van der Waals surface area contributed by atoms with E-state index in [1.807, 2.05) is 0 Å². The Morgan fingerprint density at radius 2 is 1.33 bits per heavy atom. The van der Waals surface area contributed by atoms with Crippen molar-refractivity contribution < 1.29 is 29.4 Å². The SMILES string of the molecule is CC(NC(=O)C(CO)NC(=O)C(N)CCCCN)C(=O)NC(CCCCN)C(=O)O. The highest BCUT2D eigenvalue weighted by atomic mass is 16.4. The van der Waals surface area contributed by atoms with Crippen LogP contribution in [0.4, 0.5) is 0 Å². The molecular weight excluding hydrogens is 396 g/mol. The number of aliphatic carboxylic acids is 1. The van der Waals surface area contributed by atoms with Gasteiger partial charge in [-0.15, -0.1) is 0 Å². The Balaban J connectivity index is 4.68. The largest absolute Gasteiger partial charge is 0.480 e. The number of nitrogens with one attached hydrogen (secondary N) is 3. The molecule has 4 atom stereocenters. The van der Waals surface area contributed by atoms with Gasteiger partial charge in [-0.05, 0) is 52.1 Å². The van der Waals surface area contributed by atoms with E-state index in [1.54, 1.807) is 0 Å². The number of hydrogen-bond acceptors (Lipinski definition) is 8. The molecule has 0 spiro atoms. The van der Waals surface area contributed by atoms with E-state index in [9.17, 15) is 29.4 Å². The van der Waals surface area contributed by atoms with Gasteiger partial charge in [-0.1, -0.05) is 6.42 Å². The van der Waals surface area contributed by atoms with Crippen molar-refractivity contribution in [3.05, 3.63) is 0 Å². The standard InChI is InChI=1S/C18H36N6O6/c1-11(15(26)23-13(18(29)30)7-3-5-9-20)22-17(28)14(10-25)24-16(27)12(21)6-2-4-8-19/h11-14,25H,2-10,19-21H2,1H3,(H,22,28)(H,23,26)(H,24,27)(H,29,30). The first-order valence-electron chi connectivity index (χ1n) is 10.1. The van der Waals surface area contributed by atoms with Crippen LogP contribution in [0.15, 0.2) is 0 Å². The number of carbonyl (C=O) groups excluding carboxylic acids is 3. The van der Waals surface area contributed by atoms with Gasteiger partial charge in [0.2, 0.25) is 17.7 Å². The summed E-state index contributed by atoms with van der Waals surface area (Å²) in [7, 11) is 0. The molecule has 30 heavy (non-hydrogen) atoms. The quantitative estimate of drug-likeness (QED) is 0.117. The lowest BCUT2D eigenvalue weighted by Gasteiger charge is -2.22. The van der Waals surface area contributed by atoms with Crippen LogP contribution in [0.1, 0.15) is 45.4 Å². The van der Waals surface area contributed by atoms with Crippen molar-refractivity contribution in [2.24, 2.45) is 17.2 Å². The molecule has 12 nitrogen and oxygen atoms in total. The second-order valence-electron chi connectivity index (χ2n) is 7.05. The molecule has 4 unspecified atom stereocenters. The first-order valence-corrected chi connectivity index (χ1v) is 10.1. The van der Waals surface area contributed by atoms with Crippen molar-refractivity contribution >= 4 is 23.7 Å². The molecule has 0 aliphatic heterocycles. The molecule has 0 aromatic rings. The molecule has 0 fully saturated rings. The molecule has 174 valence electrons. The van der Waals surface area contributed by atoms with E-state index in [4.69, 9.17) is 17.2 Å². The Morgan fingerprint density at radius 1 is 0.800 bits per heavy atom.